The number of hydrogen-bond acceptors (Lipinski definition) is 3. The van der Waals surface area contributed by atoms with Crippen molar-refractivity contribution in [3.63, 3.8) is 0 Å². The van der Waals surface area contributed by atoms with E-state index in [1.54, 1.807) is 0 Å². The van der Waals surface area contributed by atoms with Gasteiger partial charge in [-0.25, -0.2) is 4.79 Å². The minimum atomic E-state index is -0.507. The van der Waals surface area contributed by atoms with Crippen LogP contribution in [-0.4, -0.2) is 14.9 Å². The summed E-state index contributed by atoms with van der Waals surface area (Å²) in [7, 11) is 1.41. The SMILES string of the molecule is CC(=O)c1cn(CC2CCC2)c(=O)n(C)c1=O. The Kier molecular flexibility index (Phi) is 3.00. The molecule has 0 spiro atoms. The van der Waals surface area contributed by atoms with Crippen molar-refractivity contribution < 1.29 is 4.79 Å². The average molecular weight is 236 g/mol. The fourth-order valence-corrected chi connectivity index (χ4v) is 2.05. The summed E-state index contributed by atoms with van der Waals surface area (Å²) in [6, 6.07) is 0. The van der Waals surface area contributed by atoms with Crippen molar-refractivity contribution in [2.45, 2.75) is 32.7 Å². The van der Waals surface area contributed by atoms with Gasteiger partial charge in [0.15, 0.2) is 5.78 Å². The molecule has 2 rings (SSSR count). The highest BCUT2D eigenvalue weighted by Crippen LogP contribution is 2.27. The quantitative estimate of drug-likeness (QED) is 0.720. The Morgan fingerprint density at radius 2 is 2.06 bits per heavy atom. The lowest BCUT2D eigenvalue weighted by atomic mass is 9.85. The Balaban J connectivity index is 2.47. The summed E-state index contributed by atoms with van der Waals surface area (Å²) in [4.78, 5) is 34.9. The minimum absolute atomic E-state index is 0.0893. The lowest BCUT2D eigenvalue weighted by molar-refractivity contribution is 0.101. The summed E-state index contributed by atoms with van der Waals surface area (Å²) < 4.78 is 2.50. The minimum Gasteiger partial charge on any atom is -0.299 e. The van der Waals surface area contributed by atoms with Crippen LogP contribution in [0.3, 0.4) is 0 Å². The Labute approximate surface area is 98.7 Å². The zero-order chi connectivity index (χ0) is 12.6. The van der Waals surface area contributed by atoms with E-state index in [0.717, 1.165) is 17.4 Å². The molecule has 0 N–H and O–H groups in total. The van der Waals surface area contributed by atoms with Crippen LogP contribution in [0, 0.1) is 5.92 Å². The van der Waals surface area contributed by atoms with Gasteiger partial charge in [-0.2, -0.15) is 0 Å². The highest BCUT2D eigenvalue weighted by molar-refractivity contribution is 5.93. The standard InChI is InChI=1S/C12H16N2O3/c1-8(15)10-7-14(6-9-4-3-5-9)12(17)13(2)11(10)16/h7,9H,3-6H2,1-2H3. The molecule has 0 bridgehead atoms. The second-order valence-electron chi connectivity index (χ2n) is 4.69. The lowest BCUT2D eigenvalue weighted by Gasteiger charge is -2.26. The number of rotatable bonds is 3. The molecule has 92 valence electrons. The summed E-state index contributed by atoms with van der Waals surface area (Å²) in [5.41, 5.74) is -0.759. The average Bonchev–Trinajstić information content (AvgIpc) is 2.22. The number of hydrogen-bond donors (Lipinski definition) is 0. The van der Waals surface area contributed by atoms with E-state index in [9.17, 15) is 14.4 Å². The van der Waals surface area contributed by atoms with Gasteiger partial charge in [-0.15, -0.1) is 0 Å². The first-order chi connectivity index (χ1) is 8.00. The number of ketones is 1. The molecule has 1 aliphatic rings. The van der Waals surface area contributed by atoms with Crippen LogP contribution in [-0.2, 0) is 13.6 Å². The van der Waals surface area contributed by atoms with Crippen molar-refractivity contribution in [2.75, 3.05) is 0 Å². The third-order valence-corrected chi connectivity index (χ3v) is 3.41. The van der Waals surface area contributed by atoms with Crippen LogP contribution in [0.25, 0.3) is 0 Å². The van der Waals surface area contributed by atoms with E-state index in [-0.39, 0.29) is 17.0 Å². The molecular weight excluding hydrogens is 220 g/mol. The summed E-state index contributed by atoms with van der Waals surface area (Å²) in [6.07, 6.45) is 4.84. The zero-order valence-corrected chi connectivity index (χ0v) is 10.1. The molecule has 0 aliphatic heterocycles. The molecule has 5 nitrogen and oxygen atoms in total. The maximum absolute atomic E-state index is 11.9. The molecular formula is C12H16N2O3. The Morgan fingerprint density at radius 1 is 1.41 bits per heavy atom. The van der Waals surface area contributed by atoms with Crippen molar-refractivity contribution in [1.82, 2.24) is 9.13 Å². The van der Waals surface area contributed by atoms with Gasteiger partial charge in [-0.05, 0) is 25.7 Å². The van der Waals surface area contributed by atoms with Crippen molar-refractivity contribution >= 4 is 5.78 Å². The first-order valence-corrected chi connectivity index (χ1v) is 5.82. The molecule has 0 saturated heterocycles. The highest BCUT2D eigenvalue weighted by atomic mass is 16.2. The van der Waals surface area contributed by atoms with Crippen LogP contribution in [0.5, 0.6) is 0 Å². The molecule has 0 atom stereocenters. The Hall–Kier alpha value is -1.65. The van der Waals surface area contributed by atoms with Gasteiger partial charge in [0.25, 0.3) is 5.56 Å². The predicted octanol–water partition coefficient (Wildman–Crippen LogP) is 0.550. The molecule has 0 unspecified atom stereocenters. The summed E-state index contributed by atoms with van der Waals surface area (Å²) in [5, 5.41) is 0. The number of aromatic nitrogens is 2. The number of carbonyl (C=O) groups is 1. The normalized spacial score (nSPS) is 15.6. The van der Waals surface area contributed by atoms with Gasteiger partial charge < -0.3 is 0 Å². The topological polar surface area (TPSA) is 61.1 Å². The Morgan fingerprint density at radius 3 is 2.53 bits per heavy atom. The first-order valence-electron chi connectivity index (χ1n) is 5.82. The summed E-state index contributed by atoms with van der Waals surface area (Å²) >= 11 is 0. The van der Waals surface area contributed by atoms with Crippen LogP contribution >= 0.6 is 0 Å². The third-order valence-electron chi connectivity index (χ3n) is 3.41. The first kappa shape index (κ1) is 11.8. The van der Waals surface area contributed by atoms with Gasteiger partial charge in [-0.3, -0.25) is 18.7 Å². The lowest BCUT2D eigenvalue weighted by Crippen LogP contribution is -2.41. The number of Topliss-reactive ketones (excluding diaryl/α,β-unsaturated/α-hetero) is 1. The van der Waals surface area contributed by atoms with Gasteiger partial charge in [-0.1, -0.05) is 6.42 Å². The molecule has 1 aromatic rings. The maximum atomic E-state index is 11.9. The van der Waals surface area contributed by atoms with Gasteiger partial charge in [0.05, 0.1) is 5.56 Å². The van der Waals surface area contributed by atoms with E-state index in [4.69, 9.17) is 0 Å². The van der Waals surface area contributed by atoms with Crippen LogP contribution in [0.15, 0.2) is 15.8 Å². The molecule has 1 saturated carbocycles. The van der Waals surface area contributed by atoms with Crippen molar-refractivity contribution in [3.8, 4) is 0 Å². The largest absolute Gasteiger partial charge is 0.330 e. The number of nitrogens with zero attached hydrogens (tertiary/aromatic N) is 2. The molecule has 1 fully saturated rings. The van der Waals surface area contributed by atoms with E-state index < -0.39 is 5.56 Å². The molecule has 0 amide bonds. The van der Waals surface area contributed by atoms with Gasteiger partial charge in [0.1, 0.15) is 0 Å². The van der Waals surface area contributed by atoms with Crippen LogP contribution in [0.1, 0.15) is 36.5 Å². The molecule has 17 heavy (non-hydrogen) atoms. The van der Waals surface area contributed by atoms with Crippen LogP contribution < -0.4 is 11.2 Å². The van der Waals surface area contributed by atoms with E-state index in [0.29, 0.717) is 12.5 Å². The van der Waals surface area contributed by atoms with Crippen molar-refractivity contribution in [2.24, 2.45) is 13.0 Å². The van der Waals surface area contributed by atoms with Crippen molar-refractivity contribution in [1.29, 1.82) is 0 Å². The van der Waals surface area contributed by atoms with Crippen LogP contribution in [0.4, 0.5) is 0 Å². The molecule has 1 heterocycles. The Bertz CT molecular complexity index is 564. The summed E-state index contributed by atoms with van der Waals surface area (Å²) in [5.74, 6) is 0.206. The van der Waals surface area contributed by atoms with Gasteiger partial charge in [0.2, 0.25) is 0 Å². The molecule has 5 heteroatoms. The fraction of sp³-hybridized carbons (Fsp3) is 0.583. The zero-order valence-electron chi connectivity index (χ0n) is 10.1. The van der Waals surface area contributed by atoms with Crippen molar-refractivity contribution in [3.05, 3.63) is 32.6 Å². The second-order valence-corrected chi connectivity index (χ2v) is 4.69. The monoisotopic (exact) mass is 236 g/mol. The molecule has 0 aromatic carbocycles. The van der Waals surface area contributed by atoms with Crippen LogP contribution in [0.2, 0.25) is 0 Å². The van der Waals surface area contributed by atoms with Gasteiger partial charge in [0, 0.05) is 19.8 Å². The van der Waals surface area contributed by atoms with E-state index in [1.807, 2.05) is 0 Å². The predicted molar refractivity (Wildman–Crippen MR) is 63.3 cm³/mol. The molecule has 0 radical (unpaired) electrons. The smallest absolute Gasteiger partial charge is 0.299 e. The molecule has 1 aliphatic carbocycles. The summed E-state index contributed by atoms with van der Waals surface area (Å²) in [6.45, 7) is 1.95. The van der Waals surface area contributed by atoms with E-state index in [1.165, 1.54) is 31.2 Å². The fourth-order valence-electron chi connectivity index (χ4n) is 2.05. The van der Waals surface area contributed by atoms with E-state index in [2.05, 4.69) is 0 Å². The maximum Gasteiger partial charge on any atom is 0.330 e. The van der Waals surface area contributed by atoms with E-state index >= 15 is 0 Å². The second kappa shape index (κ2) is 4.31. The third kappa shape index (κ3) is 2.09. The van der Waals surface area contributed by atoms with Gasteiger partial charge >= 0.3 is 5.69 Å². The molecule has 1 aromatic heterocycles. The number of carbonyl (C=O) groups excluding carboxylic acids is 1. The highest BCUT2D eigenvalue weighted by Gasteiger charge is 2.20.